The first-order valence-electron chi connectivity index (χ1n) is 7.55. The Bertz CT molecular complexity index is 636. The minimum Gasteiger partial charge on any atom is -0.450 e. The first-order chi connectivity index (χ1) is 10.6. The summed E-state index contributed by atoms with van der Waals surface area (Å²) in [4.78, 5) is 11.3. The summed E-state index contributed by atoms with van der Waals surface area (Å²) in [5.41, 5.74) is 1.36. The maximum absolute atomic E-state index is 12.2. The van der Waals surface area contributed by atoms with Gasteiger partial charge in [-0.25, -0.2) is 13.2 Å². The molecule has 0 aliphatic heterocycles. The van der Waals surface area contributed by atoms with Crippen molar-refractivity contribution in [3.05, 3.63) is 29.8 Å². The fraction of sp³-hybridized carbons (Fsp3) is 0.562. The Morgan fingerprint density at radius 1 is 1.26 bits per heavy atom. The first kappa shape index (κ1) is 19.3. The number of para-hydroxylation sites is 1. The van der Waals surface area contributed by atoms with Gasteiger partial charge in [0.2, 0.25) is 10.0 Å². The van der Waals surface area contributed by atoms with Crippen LogP contribution in [0.2, 0.25) is 0 Å². The van der Waals surface area contributed by atoms with Gasteiger partial charge in [0.25, 0.3) is 0 Å². The highest BCUT2D eigenvalue weighted by atomic mass is 32.2. The summed E-state index contributed by atoms with van der Waals surface area (Å²) in [5, 5.41) is 2.55. The molecule has 0 fully saturated rings. The van der Waals surface area contributed by atoms with Gasteiger partial charge in [0.15, 0.2) is 0 Å². The number of nitrogens with zero attached hydrogens (tertiary/aromatic N) is 1. The molecule has 23 heavy (non-hydrogen) atoms. The standard InChI is InChI=1S/C16H26N2O4S/c1-6-22-15(19)17-11-12-18(23(5,20)21)14-10-8-7-9-13(14)16(2,3)4/h7-10H,6,11-12H2,1-5H3,(H,17,19). The van der Waals surface area contributed by atoms with Gasteiger partial charge in [-0.3, -0.25) is 4.31 Å². The third-order valence-corrected chi connectivity index (χ3v) is 4.42. The quantitative estimate of drug-likeness (QED) is 0.862. The molecule has 0 bridgehead atoms. The van der Waals surface area contributed by atoms with E-state index in [0.717, 1.165) is 11.8 Å². The molecule has 0 spiro atoms. The second kappa shape index (κ2) is 7.68. The lowest BCUT2D eigenvalue weighted by molar-refractivity contribution is 0.152. The number of hydrogen-bond donors (Lipinski definition) is 1. The zero-order valence-corrected chi connectivity index (χ0v) is 15.2. The van der Waals surface area contributed by atoms with E-state index in [1.54, 1.807) is 13.0 Å². The summed E-state index contributed by atoms with van der Waals surface area (Å²) in [6.45, 7) is 8.39. The van der Waals surface area contributed by atoms with E-state index in [4.69, 9.17) is 4.74 Å². The maximum atomic E-state index is 12.2. The minimum atomic E-state index is -3.47. The molecule has 1 aromatic carbocycles. The van der Waals surface area contributed by atoms with E-state index < -0.39 is 16.1 Å². The van der Waals surface area contributed by atoms with Crippen LogP contribution >= 0.6 is 0 Å². The SMILES string of the molecule is CCOC(=O)NCCN(c1ccccc1C(C)(C)C)S(C)(=O)=O. The Kier molecular flexibility index (Phi) is 6.44. The number of amides is 1. The predicted molar refractivity (Wildman–Crippen MR) is 92.4 cm³/mol. The van der Waals surface area contributed by atoms with Gasteiger partial charge >= 0.3 is 6.09 Å². The lowest BCUT2D eigenvalue weighted by Gasteiger charge is -2.30. The second-order valence-corrected chi connectivity index (χ2v) is 8.16. The van der Waals surface area contributed by atoms with Crippen LogP contribution in [0.5, 0.6) is 0 Å². The van der Waals surface area contributed by atoms with Crippen LogP contribution in [0.4, 0.5) is 10.5 Å². The van der Waals surface area contributed by atoms with Crippen LogP contribution in [0.15, 0.2) is 24.3 Å². The molecule has 0 aliphatic carbocycles. The number of ether oxygens (including phenoxy) is 1. The molecule has 1 N–H and O–H groups in total. The van der Waals surface area contributed by atoms with Gasteiger partial charge in [-0.15, -0.1) is 0 Å². The molecular formula is C16H26N2O4S. The second-order valence-electron chi connectivity index (χ2n) is 6.25. The molecule has 0 atom stereocenters. The number of anilines is 1. The highest BCUT2D eigenvalue weighted by Gasteiger charge is 2.25. The van der Waals surface area contributed by atoms with Crippen molar-refractivity contribution >= 4 is 21.8 Å². The molecule has 0 saturated heterocycles. The number of rotatable bonds is 6. The molecule has 6 nitrogen and oxygen atoms in total. The summed E-state index contributed by atoms with van der Waals surface area (Å²) >= 11 is 0. The topological polar surface area (TPSA) is 75.7 Å². The number of sulfonamides is 1. The summed E-state index contributed by atoms with van der Waals surface area (Å²) in [5.74, 6) is 0. The molecule has 130 valence electrons. The van der Waals surface area contributed by atoms with Crippen LogP contribution < -0.4 is 9.62 Å². The van der Waals surface area contributed by atoms with Gasteiger partial charge in [0.1, 0.15) is 0 Å². The van der Waals surface area contributed by atoms with Crippen LogP contribution in [0.25, 0.3) is 0 Å². The summed E-state index contributed by atoms with van der Waals surface area (Å²) < 4.78 is 30.5. The van der Waals surface area contributed by atoms with Crippen molar-refractivity contribution in [1.29, 1.82) is 0 Å². The van der Waals surface area contributed by atoms with Crippen molar-refractivity contribution in [3.63, 3.8) is 0 Å². The number of carbonyl (C=O) groups is 1. The Labute approximate surface area is 138 Å². The molecule has 0 saturated carbocycles. The average molecular weight is 342 g/mol. The van der Waals surface area contributed by atoms with Crippen LogP contribution in [-0.2, 0) is 20.2 Å². The molecule has 0 unspecified atom stereocenters. The number of benzene rings is 1. The van der Waals surface area contributed by atoms with Gasteiger partial charge in [-0.05, 0) is 24.0 Å². The van der Waals surface area contributed by atoms with Crippen molar-refractivity contribution < 1.29 is 17.9 Å². The van der Waals surface area contributed by atoms with Crippen LogP contribution in [0.1, 0.15) is 33.3 Å². The molecule has 0 aliphatic rings. The van der Waals surface area contributed by atoms with E-state index in [9.17, 15) is 13.2 Å². The van der Waals surface area contributed by atoms with Crippen molar-refractivity contribution in [2.24, 2.45) is 0 Å². The molecule has 1 amide bonds. The van der Waals surface area contributed by atoms with Crippen molar-refractivity contribution in [2.45, 2.75) is 33.1 Å². The maximum Gasteiger partial charge on any atom is 0.407 e. The Hall–Kier alpha value is -1.76. The third kappa shape index (κ3) is 5.74. The fourth-order valence-electron chi connectivity index (χ4n) is 2.23. The lowest BCUT2D eigenvalue weighted by Crippen LogP contribution is -2.39. The lowest BCUT2D eigenvalue weighted by atomic mass is 9.86. The number of carbonyl (C=O) groups excluding carboxylic acids is 1. The van der Waals surface area contributed by atoms with E-state index in [0.29, 0.717) is 5.69 Å². The van der Waals surface area contributed by atoms with Crippen LogP contribution in [-0.4, -0.2) is 40.5 Å². The smallest absolute Gasteiger partial charge is 0.407 e. The summed E-state index contributed by atoms with van der Waals surface area (Å²) in [7, 11) is -3.47. The summed E-state index contributed by atoms with van der Waals surface area (Å²) in [6, 6.07) is 7.40. The fourth-order valence-corrected chi connectivity index (χ4v) is 3.17. The van der Waals surface area contributed by atoms with Crippen LogP contribution in [0, 0.1) is 0 Å². The number of hydrogen-bond acceptors (Lipinski definition) is 4. The van der Waals surface area contributed by atoms with E-state index in [1.807, 2.05) is 39.0 Å². The van der Waals surface area contributed by atoms with E-state index >= 15 is 0 Å². The molecule has 7 heteroatoms. The Balaban J connectivity index is 3.04. The summed E-state index contributed by atoms with van der Waals surface area (Å²) in [6.07, 6.45) is 0.613. The first-order valence-corrected chi connectivity index (χ1v) is 9.40. The number of nitrogens with one attached hydrogen (secondary N) is 1. The van der Waals surface area contributed by atoms with Crippen molar-refractivity contribution in [2.75, 3.05) is 30.3 Å². The highest BCUT2D eigenvalue weighted by molar-refractivity contribution is 7.92. The molecule has 0 radical (unpaired) electrons. The molecular weight excluding hydrogens is 316 g/mol. The Morgan fingerprint density at radius 3 is 2.39 bits per heavy atom. The van der Waals surface area contributed by atoms with Crippen molar-refractivity contribution in [3.8, 4) is 0 Å². The van der Waals surface area contributed by atoms with Crippen LogP contribution in [0.3, 0.4) is 0 Å². The molecule has 0 heterocycles. The van der Waals surface area contributed by atoms with Gasteiger partial charge in [-0.1, -0.05) is 39.0 Å². The zero-order valence-electron chi connectivity index (χ0n) is 14.4. The van der Waals surface area contributed by atoms with E-state index in [1.165, 1.54) is 4.31 Å². The molecule has 1 aromatic rings. The molecule has 0 aromatic heterocycles. The van der Waals surface area contributed by atoms with Gasteiger partial charge < -0.3 is 10.1 Å². The van der Waals surface area contributed by atoms with Gasteiger partial charge in [0.05, 0.1) is 25.1 Å². The average Bonchev–Trinajstić information content (AvgIpc) is 2.41. The zero-order chi connectivity index (χ0) is 17.7. The molecule has 1 rings (SSSR count). The monoisotopic (exact) mass is 342 g/mol. The minimum absolute atomic E-state index is 0.144. The van der Waals surface area contributed by atoms with Gasteiger partial charge in [-0.2, -0.15) is 0 Å². The van der Waals surface area contributed by atoms with E-state index in [2.05, 4.69) is 5.32 Å². The van der Waals surface area contributed by atoms with Crippen molar-refractivity contribution in [1.82, 2.24) is 5.32 Å². The third-order valence-electron chi connectivity index (χ3n) is 3.24. The largest absolute Gasteiger partial charge is 0.450 e. The van der Waals surface area contributed by atoms with Gasteiger partial charge in [0, 0.05) is 6.54 Å². The predicted octanol–water partition coefficient (Wildman–Crippen LogP) is 2.50. The highest BCUT2D eigenvalue weighted by Crippen LogP contribution is 2.32. The Morgan fingerprint density at radius 2 is 1.87 bits per heavy atom. The van der Waals surface area contributed by atoms with E-state index in [-0.39, 0.29) is 25.1 Å². The normalized spacial score (nSPS) is 11.9. The number of alkyl carbamates (subject to hydrolysis) is 1.